The number of anilines is 2. The van der Waals surface area contributed by atoms with Gasteiger partial charge in [0.15, 0.2) is 0 Å². The maximum Gasteiger partial charge on any atom is 0.263 e. The summed E-state index contributed by atoms with van der Waals surface area (Å²) in [4.78, 5) is 38.1. The minimum atomic E-state index is -0.489. The van der Waals surface area contributed by atoms with Gasteiger partial charge in [-0.25, -0.2) is 0 Å². The van der Waals surface area contributed by atoms with Crippen LogP contribution in [0.25, 0.3) is 0 Å². The fraction of sp³-hybridized carbons (Fsp3) is 0.278. The smallest absolute Gasteiger partial charge is 0.263 e. The number of rotatable bonds is 5. The van der Waals surface area contributed by atoms with E-state index in [1.807, 2.05) is 0 Å². The van der Waals surface area contributed by atoms with Gasteiger partial charge in [0, 0.05) is 24.1 Å². The van der Waals surface area contributed by atoms with Crippen molar-refractivity contribution in [2.24, 2.45) is 7.05 Å². The molecule has 2 rings (SSSR count). The predicted molar refractivity (Wildman–Crippen MR) is 98.0 cm³/mol. The Kier molecular flexibility index (Phi) is 5.71. The number of pyridine rings is 1. The number of amides is 2. The first-order valence-electron chi connectivity index (χ1n) is 7.80. The predicted octanol–water partition coefficient (Wildman–Crippen LogP) is 1.45. The lowest BCUT2D eigenvalue weighted by molar-refractivity contribution is -0.116. The molecule has 2 amide bonds. The van der Waals surface area contributed by atoms with E-state index in [2.05, 4.69) is 10.6 Å². The second-order valence-corrected chi connectivity index (χ2v) is 6.07. The molecule has 0 aliphatic rings. The van der Waals surface area contributed by atoms with Crippen LogP contribution in [0.3, 0.4) is 0 Å². The van der Waals surface area contributed by atoms with Crippen molar-refractivity contribution in [3.63, 3.8) is 0 Å². The van der Waals surface area contributed by atoms with E-state index in [0.29, 0.717) is 11.4 Å². The molecule has 25 heavy (non-hydrogen) atoms. The Hall–Kier alpha value is -2.93. The van der Waals surface area contributed by atoms with Gasteiger partial charge in [0.25, 0.3) is 11.5 Å². The Labute approximate surface area is 146 Å². The number of nitrogens with one attached hydrogen (secondary N) is 2. The molecule has 1 aromatic carbocycles. The highest BCUT2D eigenvalue weighted by Crippen LogP contribution is 2.15. The number of benzene rings is 1. The summed E-state index contributed by atoms with van der Waals surface area (Å²) in [6.07, 6.45) is 0. The highest BCUT2D eigenvalue weighted by atomic mass is 16.2. The standard InChI is InChI=1S/C18H22N4O3/c1-12-8-9-15(18(25)22(12)4)17(24)20-14-7-5-6-13(10-14)19-16(23)11-21(2)3/h5-10H,11H2,1-4H3,(H,19,23)(H,20,24). The molecule has 1 aromatic heterocycles. The number of nitrogens with zero attached hydrogens (tertiary/aromatic N) is 2. The number of hydrogen-bond acceptors (Lipinski definition) is 4. The summed E-state index contributed by atoms with van der Waals surface area (Å²) in [6.45, 7) is 2.05. The van der Waals surface area contributed by atoms with Crippen LogP contribution < -0.4 is 16.2 Å². The van der Waals surface area contributed by atoms with Crippen molar-refractivity contribution < 1.29 is 9.59 Å². The van der Waals surface area contributed by atoms with Gasteiger partial charge in [0.2, 0.25) is 5.91 Å². The van der Waals surface area contributed by atoms with Crippen LogP contribution in [0.2, 0.25) is 0 Å². The molecular weight excluding hydrogens is 320 g/mol. The molecular formula is C18H22N4O3. The second kappa shape index (κ2) is 7.76. The maximum atomic E-state index is 12.4. The summed E-state index contributed by atoms with van der Waals surface area (Å²) >= 11 is 0. The molecule has 2 aromatic rings. The van der Waals surface area contributed by atoms with E-state index < -0.39 is 5.91 Å². The zero-order valence-electron chi connectivity index (χ0n) is 14.8. The number of hydrogen-bond donors (Lipinski definition) is 2. The van der Waals surface area contributed by atoms with Crippen molar-refractivity contribution in [3.05, 3.63) is 58.0 Å². The van der Waals surface area contributed by atoms with Crippen molar-refractivity contribution in [1.82, 2.24) is 9.47 Å². The van der Waals surface area contributed by atoms with Crippen molar-refractivity contribution in [2.45, 2.75) is 6.92 Å². The van der Waals surface area contributed by atoms with Gasteiger partial charge in [-0.05, 0) is 51.4 Å². The van der Waals surface area contributed by atoms with Crippen LogP contribution >= 0.6 is 0 Å². The lowest BCUT2D eigenvalue weighted by atomic mass is 10.2. The summed E-state index contributed by atoms with van der Waals surface area (Å²) < 4.78 is 1.42. The second-order valence-electron chi connectivity index (χ2n) is 6.07. The maximum absolute atomic E-state index is 12.4. The molecule has 2 N–H and O–H groups in total. The lowest BCUT2D eigenvalue weighted by Crippen LogP contribution is -2.28. The van der Waals surface area contributed by atoms with Crippen LogP contribution in [0.4, 0.5) is 11.4 Å². The molecule has 0 saturated heterocycles. The van der Waals surface area contributed by atoms with Gasteiger partial charge in [-0.2, -0.15) is 0 Å². The average molecular weight is 342 g/mol. The van der Waals surface area contributed by atoms with Gasteiger partial charge in [0.05, 0.1) is 6.54 Å². The molecule has 0 atom stereocenters. The highest BCUT2D eigenvalue weighted by molar-refractivity contribution is 6.04. The normalized spacial score (nSPS) is 10.6. The Morgan fingerprint density at radius 2 is 1.72 bits per heavy atom. The molecule has 0 radical (unpaired) electrons. The summed E-state index contributed by atoms with van der Waals surface area (Å²) in [5, 5.41) is 5.44. The van der Waals surface area contributed by atoms with Crippen LogP contribution in [0.5, 0.6) is 0 Å². The van der Waals surface area contributed by atoms with Crippen molar-refractivity contribution in [2.75, 3.05) is 31.3 Å². The molecule has 0 aliphatic heterocycles. The third kappa shape index (κ3) is 4.77. The first kappa shape index (κ1) is 18.4. The molecule has 7 heteroatoms. The van der Waals surface area contributed by atoms with Crippen LogP contribution in [-0.2, 0) is 11.8 Å². The Bertz CT molecular complexity index is 856. The average Bonchev–Trinajstić information content (AvgIpc) is 2.52. The van der Waals surface area contributed by atoms with E-state index in [0.717, 1.165) is 5.69 Å². The Morgan fingerprint density at radius 1 is 1.08 bits per heavy atom. The van der Waals surface area contributed by atoms with Gasteiger partial charge < -0.3 is 20.1 Å². The molecule has 0 aliphatic carbocycles. The summed E-state index contributed by atoms with van der Waals surface area (Å²) in [5.74, 6) is -0.641. The van der Waals surface area contributed by atoms with Gasteiger partial charge in [-0.3, -0.25) is 14.4 Å². The molecule has 1 heterocycles. The first-order valence-corrected chi connectivity index (χ1v) is 7.80. The monoisotopic (exact) mass is 342 g/mol. The SMILES string of the molecule is Cc1ccc(C(=O)Nc2cccc(NC(=O)CN(C)C)c2)c(=O)n1C. The quantitative estimate of drug-likeness (QED) is 0.861. The van der Waals surface area contributed by atoms with Crippen LogP contribution in [0, 0.1) is 6.92 Å². The third-order valence-electron chi connectivity index (χ3n) is 3.66. The molecule has 0 fully saturated rings. The zero-order valence-corrected chi connectivity index (χ0v) is 14.8. The Morgan fingerprint density at radius 3 is 2.36 bits per heavy atom. The van der Waals surface area contributed by atoms with Gasteiger partial charge in [-0.15, -0.1) is 0 Å². The van der Waals surface area contributed by atoms with Crippen LogP contribution in [-0.4, -0.2) is 41.9 Å². The fourth-order valence-corrected chi connectivity index (χ4v) is 2.26. The van der Waals surface area contributed by atoms with E-state index in [1.165, 1.54) is 10.6 Å². The van der Waals surface area contributed by atoms with E-state index in [9.17, 15) is 14.4 Å². The van der Waals surface area contributed by atoms with Crippen LogP contribution in [0.15, 0.2) is 41.2 Å². The minimum Gasteiger partial charge on any atom is -0.325 e. The molecule has 0 spiro atoms. The topological polar surface area (TPSA) is 83.4 Å². The van der Waals surface area contributed by atoms with Crippen LogP contribution in [0.1, 0.15) is 16.1 Å². The van der Waals surface area contributed by atoms with Gasteiger partial charge >= 0.3 is 0 Å². The Balaban J connectivity index is 2.14. The number of carbonyl (C=O) groups is 2. The summed E-state index contributed by atoms with van der Waals surface area (Å²) in [7, 11) is 5.23. The molecule has 0 saturated carbocycles. The van der Waals surface area contributed by atoms with Gasteiger partial charge in [0.1, 0.15) is 5.56 Å². The zero-order chi connectivity index (χ0) is 18.6. The fourth-order valence-electron chi connectivity index (χ4n) is 2.26. The van der Waals surface area contributed by atoms with E-state index in [-0.39, 0.29) is 23.6 Å². The van der Waals surface area contributed by atoms with Gasteiger partial charge in [-0.1, -0.05) is 6.07 Å². The van der Waals surface area contributed by atoms with E-state index >= 15 is 0 Å². The molecule has 0 bridgehead atoms. The van der Waals surface area contributed by atoms with Crippen molar-refractivity contribution >= 4 is 23.2 Å². The largest absolute Gasteiger partial charge is 0.325 e. The number of carbonyl (C=O) groups excluding carboxylic acids is 2. The van der Waals surface area contributed by atoms with E-state index in [4.69, 9.17) is 0 Å². The molecule has 0 unspecified atom stereocenters. The molecule has 7 nitrogen and oxygen atoms in total. The lowest BCUT2D eigenvalue weighted by Gasteiger charge is -2.12. The van der Waals surface area contributed by atoms with Crippen molar-refractivity contribution in [3.8, 4) is 0 Å². The third-order valence-corrected chi connectivity index (χ3v) is 3.66. The van der Waals surface area contributed by atoms with Crippen molar-refractivity contribution in [1.29, 1.82) is 0 Å². The van der Waals surface area contributed by atoms with E-state index in [1.54, 1.807) is 63.3 Å². The summed E-state index contributed by atoms with van der Waals surface area (Å²) in [5.41, 5.74) is 1.55. The summed E-state index contributed by atoms with van der Waals surface area (Å²) in [6, 6.07) is 10.0. The number of likely N-dealkylation sites (N-methyl/N-ethyl adjacent to an activating group) is 1. The highest BCUT2D eigenvalue weighted by Gasteiger charge is 2.13. The molecule has 132 valence electrons. The minimum absolute atomic E-state index is 0.0650. The number of aromatic nitrogens is 1. The number of aryl methyl sites for hydroxylation is 1. The first-order chi connectivity index (χ1) is 11.8.